The third kappa shape index (κ3) is 10.7. The number of nitrogens with one attached hydrogen (secondary N) is 3. The summed E-state index contributed by atoms with van der Waals surface area (Å²) in [7, 11) is 0. The van der Waals surface area contributed by atoms with Crippen LogP contribution in [0.4, 0.5) is 0 Å². The van der Waals surface area contributed by atoms with E-state index in [1.54, 1.807) is 13.8 Å². The summed E-state index contributed by atoms with van der Waals surface area (Å²) in [6.07, 6.45) is -0.810. The lowest BCUT2D eigenvalue weighted by atomic mass is 10.0. The lowest BCUT2D eigenvalue weighted by molar-refractivity contribution is -0.143. The second-order valence-electron chi connectivity index (χ2n) is 8.74. The Morgan fingerprint density at radius 2 is 1.39 bits per heavy atom. The summed E-state index contributed by atoms with van der Waals surface area (Å²) in [5.41, 5.74) is 5.99. The SMILES string of the molecule is CC(C)CC(NC(=O)C(N)CO)C(=O)NC(CCC(=O)O)C(=O)NC(Cc1ccc(O)cc1)C(=O)O. The van der Waals surface area contributed by atoms with Gasteiger partial charge in [-0.3, -0.25) is 19.2 Å². The van der Waals surface area contributed by atoms with Crippen LogP contribution in [0.1, 0.15) is 38.7 Å². The van der Waals surface area contributed by atoms with E-state index in [1.807, 2.05) is 0 Å². The molecule has 0 radical (unpaired) electrons. The van der Waals surface area contributed by atoms with Crippen molar-refractivity contribution in [3.63, 3.8) is 0 Å². The molecule has 13 nitrogen and oxygen atoms in total. The van der Waals surface area contributed by atoms with Gasteiger partial charge in [0, 0.05) is 12.8 Å². The number of rotatable bonds is 15. The van der Waals surface area contributed by atoms with Crippen molar-refractivity contribution in [1.82, 2.24) is 16.0 Å². The average molecular weight is 511 g/mol. The van der Waals surface area contributed by atoms with E-state index in [-0.39, 0.29) is 30.9 Å². The van der Waals surface area contributed by atoms with Crippen LogP contribution in [-0.2, 0) is 30.4 Å². The lowest BCUT2D eigenvalue weighted by Crippen LogP contribution is -2.57. The lowest BCUT2D eigenvalue weighted by Gasteiger charge is -2.25. The summed E-state index contributed by atoms with van der Waals surface area (Å²) in [5.74, 6) is -5.18. The number of carbonyl (C=O) groups excluding carboxylic acids is 3. The molecular weight excluding hydrogens is 476 g/mol. The maximum atomic E-state index is 12.9. The molecule has 4 unspecified atom stereocenters. The summed E-state index contributed by atoms with van der Waals surface area (Å²) in [5, 5.41) is 44.2. The van der Waals surface area contributed by atoms with Crippen LogP contribution in [0.2, 0.25) is 0 Å². The standard InChI is InChI=1S/C23H34N4O9/c1-12(2)9-17(26-20(32)15(24)11-28)22(34)25-16(7-8-19(30)31)21(33)27-18(23(35)36)10-13-3-5-14(29)6-4-13/h3-6,12,15-18,28-29H,7-11,24H2,1-2H3,(H,25,34)(H,26,32)(H,27,33)(H,30,31)(H,35,36). The zero-order valence-electron chi connectivity index (χ0n) is 20.1. The first-order valence-corrected chi connectivity index (χ1v) is 11.3. The highest BCUT2D eigenvalue weighted by molar-refractivity contribution is 5.94. The van der Waals surface area contributed by atoms with Gasteiger partial charge >= 0.3 is 11.9 Å². The Morgan fingerprint density at radius 3 is 1.89 bits per heavy atom. The predicted octanol–water partition coefficient (Wildman–Crippen LogP) is -1.30. The number of aliphatic carboxylic acids is 2. The summed E-state index contributed by atoms with van der Waals surface area (Å²) in [6.45, 7) is 2.92. The van der Waals surface area contributed by atoms with Gasteiger partial charge < -0.3 is 42.1 Å². The Hall–Kier alpha value is -3.71. The van der Waals surface area contributed by atoms with E-state index >= 15 is 0 Å². The molecule has 9 N–H and O–H groups in total. The molecule has 0 saturated heterocycles. The molecule has 0 aliphatic rings. The maximum Gasteiger partial charge on any atom is 0.326 e. The molecule has 0 aromatic heterocycles. The van der Waals surface area contributed by atoms with Crippen LogP contribution >= 0.6 is 0 Å². The second kappa shape index (κ2) is 14.6. The van der Waals surface area contributed by atoms with Gasteiger partial charge in [-0.05, 0) is 36.5 Å². The van der Waals surface area contributed by atoms with Gasteiger partial charge in [-0.2, -0.15) is 0 Å². The minimum Gasteiger partial charge on any atom is -0.508 e. The number of phenols is 1. The van der Waals surface area contributed by atoms with Crippen molar-refractivity contribution in [3.8, 4) is 5.75 Å². The van der Waals surface area contributed by atoms with E-state index in [1.165, 1.54) is 24.3 Å². The smallest absolute Gasteiger partial charge is 0.326 e. The minimum absolute atomic E-state index is 0.0194. The molecule has 0 heterocycles. The third-order valence-corrected chi connectivity index (χ3v) is 5.14. The molecule has 0 saturated carbocycles. The van der Waals surface area contributed by atoms with Gasteiger partial charge in [-0.1, -0.05) is 26.0 Å². The van der Waals surface area contributed by atoms with Gasteiger partial charge in [0.05, 0.1) is 6.61 Å². The van der Waals surface area contributed by atoms with Crippen LogP contribution in [0, 0.1) is 5.92 Å². The van der Waals surface area contributed by atoms with Crippen molar-refractivity contribution in [2.45, 2.75) is 63.7 Å². The van der Waals surface area contributed by atoms with Gasteiger partial charge in [0.25, 0.3) is 0 Å². The fraction of sp³-hybridized carbons (Fsp3) is 0.522. The predicted molar refractivity (Wildman–Crippen MR) is 127 cm³/mol. The van der Waals surface area contributed by atoms with Gasteiger partial charge in [0.15, 0.2) is 0 Å². The Morgan fingerprint density at radius 1 is 0.861 bits per heavy atom. The second-order valence-corrected chi connectivity index (χ2v) is 8.74. The normalized spacial score (nSPS) is 14.2. The molecule has 3 amide bonds. The van der Waals surface area contributed by atoms with Gasteiger partial charge in [0.1, 0.15) is 29.9 Å². The van der Waals surface area contributed by atoms with Gasteiger partial charge in [-0.15, -0.1) is 0 Å². The fourth-order valence-corrected chi connectivity index (χ4v) is 3.21. The highest BCUT2D eigenvalue weighted by Crippen LogP contribution is 2.12. The van der Waals surface area contributed by atoms with Crippen LogP contribution < -0.4 is 21.7 Å². The molecule has 1 rings (SSSR count). The summed E-state index contributed by atoms with van der Waals surface area (Å²) >= 11 is 0. The Balaban J connectivity index is 3.04. The van der Waals surface area contributed by atoms with Crippen LogP contribution in [0.25, 0.3) is 0 Å². The number of nitrogens with two attached hydrogens (primary N) is 1. The molecule has 1 aromatic rings. The van der Waals surface area contributed by atoms with E-state index in [0.717, 1.165) is 0 Å². The van der Waals surface area contributed by atoms with E-state index < -0.39 is 66.9 Å². The summed E-state index contributed by atoms with van der Waals surface area (Å²) < 4.78 is 0. The summed E-state index contributed by atoms with van der Waals surface area (Å²) in [4.78, 5) is 60.8. The van der Waals surface area contributed by atoms with Crippen molar-refractivity contribution in [3.05, 3.63) is 29.8 Å². The molecule has 0 fully saturated rings. The number of phenolic OH excluding ortho intramolecular Hbond substituents is 1. The average Bonchev–Trinajstić information content (AvgIpc) is 2.80. The monoisotopic (exact) mass is 510 g/mol. The number of hydrogen-bond acceptors (Lipinski definition) is 8. The quantitative estimate of drug-likeness (QED) is 0.139. The van der Waals surface area contributed by atoms with Crippen molar-refractivity contribution in [1.29, 1.82) is 0 Å². The molecule has 0 aliphatic carbocycles. The largest absolute Gasteiger partial charge is 0.508 e. The van der Waals surface area contributed by atoms with Gasteiger partial charge in [0.2, 0.25) is 17.7 Å². The van der Waals surface area contributed by atoms with Gasteiger partial charge in [-0.25, -0.2) is 4.79 Å². The molecule has 36 heavy (non-hydrogen) atoms. The van der Waals surface area contributed by atoms with Crippen molar-refractivity contribution in [2.24, 2.45) is 11.7 Å². The van der Waals surface area contributed by atoms with E-state index in [4.69, 9.17) is 15.9 Å². The molecule has 0 bridgehead atoms. The molecule has 0 aliphatic heterocycles. The number of aliphatic hydroxyl groups is 1. The number of carboxylic acid groups (broad SMARTS) is 2. The number of hydrogen-bond donors (Lipinski definition) is 8. The zero-order chi connectivity index (χ0) is 27.4. The van der Waals surface area contributed by atoms with Crippen molar-refractivity contribution < 1.29 is 44.4 Å². The van der Waals surface area contributed by atoms with Crippen molar-refractivity contribution >= 4 is 29.7 Å². The van der Waals surface area contributed by atoms with E-state index in [2.05, 4.69) is 16.0 Å². The van der Waals surface area contributed by atoms with Crippen LogP contribution in [-0.4, -0.2) is 80.9 Å². The fourth-order valence-electron chi connectivity index (χ4n) is 3.21. The Kier molecular flexibility index (Phi) is 12.3. The maximum absolute atomic E-state index is 12.9. The highest BCUT2D eigenvalue weighted by Gasteiger charge is 2.31. The number of carboxylic acids is 2. The topological polar surface area (TPSA) is 228 Å². The number of amides is 3. The van der Waals surface area contributed by atoms with E-state index in [0.29, 0.717) is 5.56 Å². The summed E-state index contributed by atoms with van der Waals surface area (Å²) in [6, 6.07) is 0.468. The number of benzene rings is 1. The van der Waals surface area contributed by atoms with Crippen LogP contribution in [0.5, 0.6) is 5.75 Å². The zero-order valence-corrected chi connectivity index (χ0v) is 20.1. The van der Waals surface area contributed by atoms with Crippen LogP contribution in [0.3, 0.4) is 0 Å². The molecule has 0 spiro atoms. The number of aliphatic hydroxyl groups excluding tert-OH is 1. The van der Waals surface area contributed by atoms with Crippen molar-refractivity contribution in [2.75, 3.05) is 6.61 Å². The minimum atomic E-state index is -1.41. The van der Waals surface area contributed by atoms with E-state index in [9.17, 15) is 34.2 Å². The first kappa shape index (κ1) is 30.3. The Labute approximate surface area is 208 Å². The molecule has 4 atom stereocenters. The molecule has 13 heteroatoms. The first-order valence-electron chi connectivity index (χ1n) is 11.3. The molecule has 1 aromatic carbocycles. The molecular formula is C23H34N4O9. The first-order chi connectivity index (χ1) is 16.8. The highest BCUT2D eigenvalue weighted by atomic mass is 16.4. The van der Waals surface area contributed by atoms with Crippen LogP contribution in [0.15, 0.2) is 24.3 Å². The third-order valence-electron chi connectivity index (χ3n) is 5.14. The number of carbonyl (C=O) groups is 5. The number of aromatic hydroxyl groups is 1. The Bertz CT molecular complexity index is 921. The molecule has 200 valence electrons.